The molecule has 1 aliphatic heterocycles. The zero-order chi connectivity index (χ0) is 17.7. The molecule has 0 unspecified atom stereocenters. The third kappa shape index (κ3) is 5.31. The lowest BCUT2D eigenvalue weighted by molar-refractivity contribution is 0.200. The second-order valence-corrected chi connectivity index (χ2v) is 7.80. The van der Waals surface area contributed by atoms with Crippen LogP contribution in [0.3, 0.4) is 0 Å². The molecule has 1 fully saturated rings. The van der Waals surface area contributed by atoms with E-state index in [0.29, 0.717) is 57.1 Å². The van der Waals surface area contributed by atoms with Crippen LogP contribution in [0.2, 0.25) is 0 Å². The van der Waals surface area contributed by atoms with E-state index in [0.717, 1.165) is 0 Å². The smallest absolute Gasteiger partial charge is 0.317 e. The number of sulfonamides is 1. The molecule has 10 heteroatoms. The SMILES string of the molecule is Cc1cc(=O)[nH]c(CCNC(=O)N2CCCN(S(C)(=O)=O)CC2)n1. The Balaban J connectivity index is 1.83. The number of aromatic amines is 1. The molecule has 2 rings (SSSR count). The van der Waals surface area contributed by atoms with Crippen molar-refractivity contribution >= 4 is 16.1 Å². The van der Waals surface area contributed by atoms with Gasteiger partial charge in [-0.2, -0.15) is 0 Å². The lowest BCUT2D eigenvalue weighted by Gasteiger charge is -2.21. The molecule has 1 aromatic heterocycles. The van der Waals surface area contributed by atoms with Crippen molar-refractivity contribution in [1.82, 2.24) is 24.5 Å². The van der Waals surface area contributed by atoms with Gasteiger partial charge in [0.25, 0.3) is 5.56 Å². The zero-order valence-corrected chi connectivity index (χ0v) is 14.7. The van der Waals surface area contributed by atoms with Gasteiger partial charge in [0.15, 0.2) is 0 Å². The monoisotopic (exact) mass is 357 g/mol. The molecule has 9 nitrogen and oxygen atoms in total. The Hall–Kier alpha value is -1.94. The molecule has 0 radical (unpaired) electrons. The summed E-state index contributed by atoms with van der Waals surface area (Å²) in [5.74, 6) is 0.527. The standard InChI is InChI=1S/C14H23N5O4S/c1-11-10-13(20)17-12(16-11)4-5-15-14(21)18-6-3-7-19(9-8-18)24(2,22)23/h10H,3-9H2,1-2H3,(H,15,21)(H,16,17,20). The van der Waals surface area contributed by atoms with Crippen LogP contribution in [0.25, 0.3) is 0 Å². The molecule has 1 aliphatic rings. The Morgan fingerprint density at radius 2 is 2.08 bits per heavy atom. The second kappa shape index (κ2) is 7.75. The van der Waals surface area contributed by atoms with E-state index in [2.05, 4.69) is 15.3 Å². The minimum absolute atomic E-state index is 0.211. The minimum atomic E-state index is -3.23. The Morgan fingerprint density at radius 1 is 1.33 bits per heavy atom. The number of carbonyl (C=O) groups excluding carboxylic acids is 1. The molecule has 0 bridgehead atoms. The van der Waals surface area contributed by atoms with Crippen molar-refractivity contribution in [3.63, 3.8) is 0 Å². The number of hydrogen-bond acceptors (Lipinski definition) is 5. The first-order valence-electron chi connectivity index (χ1n) is 7.80. The first-order valence-corrected chi connectivity index (χ1v) is 9.65. The molecule has 24 heavy (non-hydrogen) atoms. The van der Waals surface area contributed by atoms with Crippen LogP contribution < -0.4 is 10.9 Å². The Morgan fingerprint density at radius 3 is 2.75 bits per heavy atom. The highest BCUT2D eigenvalue weighted by Gasteiger charge is 2.23. The predicted octanol–water partition coefficient (Wildman–Crippen LogP) is -0.702. The largest absolute Gasteiger partial charge is 0.338 e. The molecule has 2 amide bonds. The van der Waals surface area contributed by atoms with Gasteiger partial charge >= 0.3 is 6.03 Å². The van der Waals surface area contributed by atoms with E-state index >= 15 is 0 Å². The van der Waals surface area contributed by atoms with Crippen LogP contribution in [0.4, 0.5) is 4.79 Å². The summed E-state index contributed by atoms with van der Waals surface area (Å²) in [5.41, 5.74) is 0.422. The van der Waals surface area contributed by atoms with E-state index in [1.165, 1.54) is 16.6 Å². The molecular formula is C14H23N5O4S. The van der Waals surface area contributed by atoms with Crippen molar-refractivity contribution in [3.05, 3.63) is 27.9 Å². The predicted molar refractivity (Wildman–Crippen MR) is 89.3 cm³/mol. The second-order valence-electron chi connectivity index (χ2n) is 5.82. The summed E-state index contributed by atoms with van der Waals surface area (Å²) in [6.07, 6.45) is 2.21. The molecular weight excluding hydrogens is 334 g/mol. The molecule has 2 heterocycles. The number of aryl methyl sites for hydroxylation is 1. The highest BCUT2D eigenvalue weighted by Crippen LogP contribution is 2.07. The van der Waals surface area contributed by atoms with Gasteiger partial charge in [0.05, 0.1) is 6.26 Å². The van der Waals surface area contributed by atoms with Crippen molar-refractivity contribution in [2.75, 3.05) is 39.0 Å². The fourth-order valence-corrected chi connectivity index (χ4v) is 3.46. The first kappa shape index (κ1) is 18.4. The molecule has 0 saturated carbocycles. The van der Waals surface area contributed by atoms with Gasteiger partial charge in [0, 0.05) is 50.9 Å². The van der Waals surface area contributed by atoms with Crippen molar-refractivity contribution in [2.45, 2.75) is 19.8 Å². The number of amides is 2. The maximum absolute atomic E-state index is 12.2. The molecule has 1 saturated heterocycles. The van der Waals surface area contributed by atoms with Crippen LogP contribution in [0, 0.1) is 6.92 Å². The molecule has 134 valence electrons. The third-order valence-electron chi connectivity index (χ3n) is 3.77. The summed E-state index contributed by atoms with van der Waals surface area (Å²) in [4.78, 5) is 32.0. The van der Waals surface area contributed by atoms with Gasteiger partial charge in [0.1, 0.15) is 5.82 Å². The number of nitrogens with one attached hydrogen (secondary N) is 2. The van der Waals surface area contributed by atoms with Crippen LogP contribution in [0.5, 0.6) is 0 Å². The van der Waals surface area contributed by atoms with E-state index in [9.17, 15) is 18.0 Å². The van der Waals surface area contributed by atoms with E-state index in [1.807, 2.05) is 0 Å². The summed E-state index contributed by atoms with van der Waals surface area (Å²) < 4.78 is 24.5. The zero-order valence-electron chi connectivity index (χ0n) is 13.9. The highest BCUT2D eigenvalue weighted by atomic mass is 32.2. The Bertz CT molecular complexity index is 746. The average molecular weight is 357 g/mol. The van der Waals surface area contributed by atoms with Crippen LogP contribution in [-0.4, -0.2) is 72.6 Å². The van der Waals surface area contributed by atoms with Crippen LogP contribution >= 0.6 is 0 Å². The summed E-state index contributed by atoms with van der Waals surface area (Å²) >= 11 is 0. The fourth-order valence-electron chi connectivity index (χ4n) is 2.59. The van der Waals surface area contributed by atoms with Gasteiger partial charge in [-0.15, -0.1) is 0 Å². The number of aromatic nitrogens is 2. The van der Waals surface area contributed by atoms with Crippen molar-refractivity contribution < 1.29 is 13.2 Å². The van der Waals surface area contributed by atoms with Crippen LogP contribution in [-0.2, 0) is 16.4 Å². The average Bonchev–Trinajstić information content (AvgIpc) is 2.71. The Labute approximate surface area is 141 Å². The normalized spacial score (nSPS) is 16.7. The van der Waals surface area contributed by atoms with Gasteiger partial charge in [-0.1, -0.05) is 0 Å². The number of rotatable bonds is 4. The van der Waals surface area contributed by atoms with Crippen LogP contribution in [0.1, 0.15) is 17.9 Å². The van der Waals surface area contributed by atoms with Crippen molar-refractivity contribution in [3.8, 4) is 0 Å². The van der Waals surface area contributed by atoms with E-state index < -0.39 is 10.0 Å². The van der Waals surface area contributed by atoms with Gasteiger partial charge in [-0.05, 0) is 13.3 Å². The summed E-state index contributed by atoms with van der Waals surface area (Å²) in [7, 11) is -3.23. The molecule has 0 aromatic carbocycles. The van der Waals surface area contributed by atoms with Gasteiger partial charge in [-0.3, -0.25) is 4.79 Å². The van der Waals surface area contributed by atoms with Gasteiger partial charge in [0.2, 0.25) is 10.0 Å². The maximum Gasteiger partial charge on any atom is 0.317 e. The third-order valence-corrected chi connectivity index (χ3v) is 5.07. The summed E-state index contributed by atoms with van der Waals surface area (Å²) in [6, 6.07) is 1.17. The molecule has 2 N–H and O–H groups in total. The topological polar surface area (TPSA) is 115 Å². The fraction of sp³-hybridized carbons (Fsp3) is 0.643. The van der Waals surface area contributed by atoms with Crippen molar-refractivity contribution in [2.24, 2.45) is 0 Å². The van der Waals surface area contributed by atoms with Crippen LogP contribution in [0.15, 0.2) is 10.9 Å². The molecule has 1 aromatic rings. The molecule has 0 spiro atoms. The molecule has 0 atom stereocenters. The van der Waals surface area contributed by atoms with Crippen molar-refractivity contribution in [1.29, 1.82) is 0 Å². The quantitative estimate of drug-likeness (QED) is 0.739. The maximum atomic E-state index is 12.2. The lowest BCUT2D eigenvalue weighted by atomic mass is 10.3. The lowest BCUT2D eigenvalue weighted by Crippen LogP contribution is -2.43. The van der Waals surface area contributed by atoms with E-state index in [4.69, 9.17) is 0 Å². The minimum Gasteiger partial charge on any atom is -0.338 e. The van der Waals surface area contributed by atoms with Gasteiger partial charge < -0.3 is 15.2 Å². The summed E-state index contributed by atoms with van der Waals surface area (Å²) in [6.45, 7) is 3.69. The highest BCUT2D eigenvalue weighted by molar-refractivity contribution is 7.88. The van der Waals surface area contributed by atoms with E-state index in [1.54, 1.807) is 11.8 Å². The molecule has 0 aliphatic carbocycles. The number of hydrogen-bond donors (Lipinski definition) is 2. The number of carbonyl (C=O) groups is 1. The number of nitrogens with zero attached hydrogens (tertiary/aromatic N) is 3. The Kier molecular flexibility index (Phi) is 5.94. The van der Waals surface area contributed by atoms with E-state index in [-0.39, 0.29) is 11.6 Å². The summed E-state index contributed by atoms with van der Waals surface area (Å²) in [5, 5.41) is 2.78. The number of H-pyrrole nitrogens is 1. The van der Waals surface area contributed by atoms with Gasteiger partial charge in [-0.25, -0.2) is 22.5 Å². The first-order chi connectivity index (χ1) is 11.3. The number of urea groups is 1.